The minimum Gasteiger partial charge on any atom is -0.350 e. The number of benzene rings is 1. The topological polar surface area (TPSA) is 29.1 Å². The molecule has 2 nitrogen and oxygen atoms in total. The number of carbonyl (C=O) groups is 1. The maximum atomic E-state index is 12.1. The summed E-state index contributed by atoms with van der Waals surface area (Å²) in [5.74, 6) is -0.367. The molecule has 1 rings (SSSR count). The number of halogens is 4. The molecule has 0 atom stereocenters. The van der Waals surface area contributed by atoms with E-state index in [1.165, 1.54) is 18.2 Å². The predicted octanol–water partition coefficient (Wildman–Crippen LogP) is 4.44. The second-order valence-corrected chi connectivity index (χ2v) is 4.96. The van der Waals surface area contributed by atoms with Crippen LogP contribution in [0.4, 0.5) is 13.2 Å². The molecule has 1 aromatic rings. The van der Waals surface area contributed by atoms with E-state index in [4.69, 9.17) is 11.6 Å². The zero-order chi connectivity index (χ0) is 15.3. The zero-order valence-electron chi connectivity index (χ0n) is 11.1. The fraction of sp³-hybridized carbons (Fsp3) is 0.357. The Labute approximate surface area is 120 Å². The van der Waals surface area contributed by atoms with Gasteiger partial charge in [-0.05, 0) is 26.0 Å². The van der Waals surface area contributed by atoms with Gasteiger partial charge in [0, 0.05) is 22.2 Å². The molecule has 0 unspecified atom stereocenters. The Kier molecular flexibility index (Phi) is 5.62. The highest BCUT2D eigenvalue weighted by Crippen LogP contribution is 2.25. The molecule has 1 amide bonds. The smallest absolute Gasteiger partial charge is 0.350 e. The number of rotatable bonds is 4. The molecule has 1 N–H and O–H groups in total. The van der Waals surface area contributed by atoms with Crippen molar-refractivity contribution in [3.63, 3.8) is 0 Å². The lowest BCUT2D eigenvalue weighted by Crippen LogP contribution is -2.30. The van der Waals surface area contributed by atoms with Crippen molar-refractivity contribution in [2.45, 2.75) is 32.5 Å². The van der Waals surface area contributed by atoms with E-state index in [1.54, 1.807) is 19.9 Å². The average molecular weight is 306 g/mol. The molecule has 6 heteroatoms. The van der Waals surface area contributed by atoms with Crippen LogP contribution in [-0.4, -0.2) is 18.1 Å². The van der Waals surface area contributed by atoms with E-state index in [0.717, 1.165) is 6.08 Å². The van der Waals surface area contributed by atoms with Crippen LogP contribution in [-0.2, 0) is 0 Å². The van der Waals surface area contributed by atoms with Crippen molar-refractivity contribution in [2.75, 3.05) is 0 Å². The SMILES string of the molecule is CC(C)NC(=O)c1cccc(Cl)c1/C=C/CC(F)(F)F. The molecule has 0 fully saturated rings. The molecule has 0 aliphatic rings. The van der Waals surface area contributed by atoms with E-state index < -0.39 is 12.6 Å². The van der Waals surface area contributed by atoms with Crippen LogP contribution in [0.3, 0.4) is 0 Å². The fourth-order valence-electron chi connectivity index (χ4n) is 1.55. The number of hydrogen-bond donors (Lipinski definition) is 1. The van der Waals surface area contributed by atoms with E-state index in [1.807, 2.05) is 0 Å². The van der Waals surface area contributed by atoms with Gasteiger partial charge in [-0.25, -0.2) is 0 Å². The fourth-order valence-corrected chi connectivity index (χ4v) is 1.79. The second kappa shape index (κ2) is 6.79. The third kappa shape index (κ3) is 5.25. The van der Waals surface area contributed by atoms with Gasteiger partial charge >= 0.3 is 6.18 Å². The van der Waals surface area contributed by atoms with Crippen molar-refractivity contribution in [1.82, 2.24) is 5.32 Å². The molecule has 0 aliphatic carbocycles. The van der Waals surface area contributed by atoms with Crippen LogP contribution in [0.1, 0.15) is 36.2 Å². The molecule has 1 aromatic carbocycles. The van der Waals surface area contributed by atoms with E-state index in [9.17, 15) is 18.0 Å². The van der Waals surface area contributed by atoms with Gasteiger partial charge in [-0.3, -0.25) is 4.79 Å². The van der Waals surface area contributed by atoms with Gasteiger partial charge in [0.05, 0.1) is 6.42 Å². The highest BCUT2D eigenvalue weighted by Gasteiger charge is 2.24. The molecule has 0 aliphatic heterocycles. The standard InChI is InChI=1S/C14H15ClF3NO/c1-9(2)19-13(20)11-5-3-7-12(15)10(11)6-4-8-14(16,17)18/h3-7,9H,8H2,1-2H3,(H,19,20)/b6-4+. The van der Waals surface area contributed by atoms with Crippen molar-refractivity contribution in [3.05, 3.63) is 40.4 Å². The Balaban J connectivity index is 3.03. The monoisotopic (exact) mass is 305 g/mol. The number of alkyl halides is 3. The molecule has 0 heterocycles. The first kappa shape index (κ1) is 16.6. The average Bonchev–Trinajstić information content (AvgIpc) is 2.28. The van der Waals surface area contributed by atoms with Crippen molar-refractivity contribution in [1.29, 1.82) is 0 Å². The summed E-state index contributed by atoms with van der Waals surface area (Å²) in [5.41, 5.74) is 0.543. The maximum absolute atomic E-state index is 12.1. The molecule has 0 saturated carbocycles. The van der Waals surface area contributed by atoms with Gasteiger partial charge in [0.15, 0.2) is 0 Å². The molecule has 0 radical (unpaired) electrons. The molecule has 0 spiro atoms. The Morgan fingerprint density at radius 2 is 2.05 bits per heavy atom. The summed E-state index contributed by atoms with van der Waals surface area (Å²) >= 11 is 5.95. The van der Waals surface area contributed by atoms with Gasteiger partial charge < -0.3 is 5.32 Å². The summed E-state index contributed by atoms with van der Waals surface area (Å²) in [6.07, 6.45) is -3.17. The number of carbonyl (C=O) groups excluding carboxylic acids is 1. The summed E-state index contributed by atoms with van der Waals surface area (Å²) in [6.45, 7) is 3.59. The van der Waals surface area contributed by atoms with E-state index >= 15 is 0 Å². The van der Waals surface area contributed by atoms with Crippen LogP contribution >= 0.6 is 11.6 Å². The lowest BCUT2D eigenvalue weighted by Gasteiger charge is -2.11. The summed E-state index contributed by atoms with van der Waals surface area (Å²) in [6, 6.07) is 4.56. The number of nitrogens with one attached hydrogen (secondary N) is 1. The van der Waals surface area contributed by atoms with Crippen LogP contribution in [0.5, 0.6) is 0 Å². The first-order chi connectivity index (χ1) is 9.20. The van der Waals surface area contributed by atoms with Crippen LogP contribution < -0.4 is 5.32 Å². The molecule has 20 heavy (non-hydrogen) atoms. The first-order valence-corrected chi connectivity index (χ1v) is 6.41. The van der Waals surface area contributed by atoms with Crippen molar-refractivity contribution in [3.8, 4) is 0 Å². The van der Waals surface area contributed by atoms with Gasteiger partial charge in [0.1, 0.15) is 0 Å². The minimum absolute atomic E-state index is 0.0755. The lowest BCUT2D eigenvalue weighted by atomic mass is 10.1. The van der Waals surface area contributed by atoms with Gasteiger partial charge in [0.25, 0.3) is 5.91 Å². The Bertz CT molecular complexity index is 510. The van der Waals surface area contributed by atoms with Crippen LogP contribution in [0.25, 0.3) is 6.08 Å². The first-order valence-electron chi connectivity index (χ1n) is 6.03. The normalized spacial score (nSPS) is 12.2. The second-order valence-electron chi connectivity index (χ2n) is 4.55. The largest absolute Gasteiger partial charge is 0.392 e. The number of hydrogen-bond acceptors (Lipinski definition) is 1. The maximum Gasteiger partial charge on any atom is 0.392 e. The number of amides is 1. The summed E-state index contributed by atoms with van der Waals surface area (Å²) in [4.78, 5) is 12.0. The highest BCUT2D eigenvalue weighted by atomic mass is 35.5. The Hall–Kier alpha value is -1.49. The molecule has 0 saturated heterocycles. The molecule has 0 aromatic heterocycles. The van der Waals surface area contributed by atoms with Crippen molar-refractivity contribution >= 4 is 23.6 Å². The van der Waals surface area contributed by atoms with Gasteiger partial charge in [-0.15, -0.1) is 0 Å². The molecule has 0 bridgehead atoms. The van der Waals surface area contributed by atoms with Gasteiger partial charge in [-0.2, -0.15) is 13.2 Å². The number of allylic oxidation sites excluding steroid dienone is 1. The predicted molar refractivity (Wildman–Crippen MR) is 73.8 cm³/mol. The van der Waals surface area contributed by atoms with Crippen LogP contribution in [0.15, 0.2) is 24.3 Å². The minimum atomic E-state index is -4.28. The third-order valence-electron chi connectivity index (χ3n) is 2.35. The summed E-state index contributed by atoms with van der Waals surface area (Å²) < 4.78 is 36.4. The third-order valence-corrected chi connectivity index (χ3v) is 2.68. The van der Waals surface area contributed by atoms with Crippen molar-refractivity contribution in [2.24, 2.45) is 0 Å². The van der Waals surface area contributed by atoms with E-state index in [2.05, 4.69) is 5.32 Å². The van der Waals surface area contributed by atoms with Crippen LogP contribution in [0.2, 0.25) is 5.02 Å². The zero-order valence-corrected chi connectivity index (χ0v) is 11.8. The summed E-state index contributed by atoms with van der Waals surface area (Å²) in [7, 11) is 0. The molecular formula is C14H15ClF3NO. The molecular weight excluding hydrogens is 291 g/mol. The van der Waals surface area contributed by atoms with Gasteiger partial charge in [-0.1, -0.05) is 29.8 Å². The van der Waals surface area contributed by atoms with E-state index in [-0.39, 0.29) is 28.1 Å². The molecule has 110 valence electrons. The van der Waals surface area contributed by atoms with Crippen LogP contribution in [0, 0.1) is 0 Å². The quantitative estimate of drug-likeness (QED) is 0.875. The Morgan fingerprint density at radius 3 is 2.60 bits per heavy atom. The van der Waals surface area contributed by atoms with Crippen molar-refractivity contribution < 1.29 is 18.0 Å². The lowest BCUT2D eigenvalue weighted by molar-refractivity contribution is -0.124. The highest BCUT2D eigenvalue weighted by molar-refractivity contribution is 6.32. The summed E-state index contributed by atoms with van der Waals surface area (Å²) in [5, 5.41) is 2.92. The van der Waals surface area contributed by atoms with E-state index in [0.29, 0.717) is 0 Å². The Morgan fingerprint density at radius 1 is 1.40 bits per heavy atom. The van der Waals surface area contributed by atoms with Gasteiger partial charge in [0.2, 0.25) is 0 Å².